The third-order valence-corrected chi connectivity index (χ3v) is 1.32. The van der Waals surface area contributed by atoms with Crippen LogP contribution in [0.3, 0.4) is 0 Å². The summed E-state index contributed by atoms with van der Waals surface area (Å²) in [6, 6.07) is 0. The third kappa shape index (κ3) is 22.5. The van der Waals surface area contributed by atoms with Gasteiger partial charge in [0.25, 0.3) is 0 Å². The molecular weight excluding hydrogens is 370 g/mol. The van der Waals surface area contributed by atoms with Crippen molar-refractivity contribution in [2.24, 2.45) is 0 Å². The first-order chi connectivity index (χ1) is 4.73. The molecule has 1 rings (SSSR count). The second kappa shape index (κ2) is 14.6. The summed E-state index contributed by atoms with van der Waals surface area (Å²) >= 11 is 0. The van der Waals surface area contributed by atoms with Gasteiger partial charge in [-0.2, -0.15) is 33.6 Å². The van der Waals surface area contributed by atoms with E-state index in [4.69, 9.17) is 0 Å². The van der Waals surface area contributed by atoms with Crippen LogP contribution in [0.15, 0.2) is 0 Å². The number of hydrogen-bond donors (Lipinski definition) is 0. The Morgan fingerprint density at radius 3 is 1.33 bits per heavy atom. The van der Waals surface area contributed by atoms with E-state index >= 15 is 0 Å². The Morgan fingerprint density at radius 1 is 0.917 bits per heavy atom. The predicted octanol–water partition coefficient (Wildman–Crippen LogP) is 4.23. The van der Waals surface area contributed by atoms with Gasteiger partial charge in [-0.1, -0.05) is 19.3 Å². The fourth-order valence-corrected chi connectivity index (χ4v) is 0.898. The monoisotopic (exact) mass is 393 g/mol. The molecule has 0 aromatic rings. The van der Waals surface area contributed by atoms with Crippen molar-refractivity contribution in [3.05, 3.63) is 19.8 Å². The second-order valence-electron chi connectivity index (χ2n) is 3.43. The quantitative estimate of drug-likeness (QED) is 0.541. The van der Waals surface area contributed by atoms with Crippen molar-refractivity contribution in [1.29, 1.82) is 0 Å². The maximum Gasteiger partial charge on any atom is 3.00 e. The smallest absolute Gasteiger partial charge is 0.358 e. The van der Waals surface area contributed by atoms with Gasteiger partial charge in [-0.25, -0.2) is 0 Å². The van der Waals surface area contributed by atoms with Gasteiger partial charge < -0.3 is 19.8 Å². The first-order valence-corrected chi connectivity index (χ1v) is 4.32. The Bertz CT molecular complexity index is 41.8. The minimum absolute atomic E-state index is 0. The molecule has 1 radical (unpaired) electrons. The van der Waals surface area contributed by atoms with Crippen LogP contribution in [-0.4, -0.2) is 0 Å². The molecule has 1 heteroatoms. The van der Waals surface area contributed by atoms with Crippen LogP contribution in [0.25, 0.3) is 0 Å². The molecule has 0 aliphatic heterocycles. The van der Waals surface area contributed by atoms with E-state index in [0.717, 1.165) is 0 Å². The van der Waals surface area contributed by atoms with Crippen LogP contribution in [-0.2, 0) is 0 Å². The largest absolute Gasteiger partial charge is 3.00 e. The van der Waals surface area contributed by atoms with Gasteiger partial charge in [-0.3, -0.25) is 0 Å². The molecule has 0 nitrogen and oxygen atoms in total. The zero-order valence-corrected chi connectivity index (χ0v) is 13.3. The van der Waals surface area contributed by atoms with Crippen LogP contribution in [0.1, 0.15) is 52.9 Å². The van der Waals surface area contributed by atoms with E-state index in [-0.39, 0.29) is 38.5 Å². The van der Waals surface area contributed by atoms with Gasteiger partial charge in [0.2, 0.25) is 0 Å². The molecule has 0 unspecified atom stereocenters. The van der Waals surface area contributed by atoms with Crippen LogP contribution >= 0.6 is 0 Å². The Balaban J connectivity index is -0.000000124. The van der Waals surface area contributed by atoms with Gasteiger partial charge in [0.05, 0.1) is 0 Å². The molecule has 0 atom stereocenters. The summed E-state index contributed by atoms with van der Waals surface area (Å²) in [5, 5.41) is 0. The molecule has 0 aromatic heterocycles. The maximum atomic E-state index is 2.39. The summed E-state index contributed by atoms with van der Waals surface area (Å²) in [4.78, 5) is 0. The first-order valence-electron chi connectivity index (χ1n) is 4.32. The summed E-state index contributed by atoms with van der Waals surface area (Å²) in [7, 11) is 0. The Kier molecular flexibility index (Phi) is 22.8. The Morgan fingerprint density at radius 2 is 1.25 bits per heavy atom. The SMILES string of the molecule is C[C-](C)C.[CH-]1CCCCC1.[CH3-].[U+3]. The Labute approximate surface area is 103 Å². The minimum Gasteiger partial charge on any atom is -0.358 e. The molecule has 0 amide bonds. The van der Waals surface area contributed by atoms with E-state index in [9.17, 15) is 0 Å². The summed E-state index contributed by atoms with van der Waals surface area (Å²) in [5.74, 6) is 1.42. The molecule has 0 heterocycles. The van der Waals surface area contributed by atoms with Crippen molar-refractivity contribution in [1.82, 2.24) is 0 Å². The van der Waals surface area contributed by atoms with E-state index in [0.29, 0.717) is 0 Å². The Hall–Kier alpha value is 1.05. The molecule has 0 saturated heterocycles. The summed E-state index contributed by atoms with van der Waals surface area (Å²) in [5.41, 5.74) is 0. The first kappa shape index (κ1) is 18.8. The van der Waals surface area contributed by atoms with Gasteiger partial charge in [0.15, 0.2) is 0 Å². The molecule has 0 spiro atoms. The topological polar surface area (TPSA) is 0 Å². The summed E-state index contributed by atoms with van der Waals surface area (Å²) in [6.45, 7) is 6.25. The standard InChI is InChI=1S/C6H11.C4H9.CH3.U/c1-2-4-6-5-3-1;1-4(2)3;;/h1H,2-6H2;1-3H3;1H3;/q3*-1;+3. The zero-order chi connectivity index (χ0) is 7.82. The summed E-state index contributed by atoms with van der Waals surface area (Å²) in [6.07, 6.45) is 9.50. The molecule has 0 N–H and O–H groups in total. The van der Waals surface area contributed by atoms with Gasteiger partial charge in [-0.05, 0) is 0 Å². The fourth-order valence-electron chi connectivity index (χ4n) is 0.898. The molecule has 12 heavy (non-hydrogen) atoms. The summed E-state index contributed by atoms with van der Waals surface area (Å²) < 4.78 is 0. The molecule has 0 aromatic carbocycles. The molecule has 1 saturated carbocycles. The average Bonchev–Trinajstić information content (AvgIpc) is 1.90. The van der Waals surface area contributed by atoms with Crippen molar-refractivity contribution in [3.63, 3.8) is 0 Å². The van der Waals surface area contributed by atoms with Gasteiger partial charge >= 0.3 is 31.1 Å². The number of rotatable bonds is 0. The van der Waals surface area contributed by atoms with Crippen molar-refractivity contribution in [3.8, 4) is 0 Å². The van der Waals surface area contributed by atoms with Crippen LogP contribution < -0.4 is 0 Å². The van der Waals surface area contributed by atoms with Crippen LogP contribution in [0.2, 0.25) is 0 Å². The zero-order valence-electron chi connectivity index (χ0n) is 9.11. The van der Waals surface area contributed by atoms with Crippen molar-refractivity contribution < 1.29 is 31.1 Å². The van der Waals surface area contributed by atoms with Gasteiger partial charge in [0, 0.05) is 0 Å². The third-order valence-electron chi connectivity index (χ3n) is 1.32. The van der Waals surface area contributed by atoms with Gasteiger partial charge in [0.1, 0.15) is 0 Å². The second-order valence-corrected chi connectivity index (χ2v) is 3.43. The van der Waals surface area contributed by atoms with Crippen LogP contribution in [0.4, 0.5) is 0 Å². The van der Waals surface area contributed by atoms with Crippen LogP contribution in [0.5, 0.6) is 0 Å². The molecular formula is C11H23U. The van der Waals surface area contributed by atoms with E-state index in [2.05, 4.69) is 27.2 Å². The van der Waals surface area contributed by atoms with E-state index in [1.54, 1.807) is 0 Å². The molecule has 1 fully saturated rings. The normalized spacial score (nSPS) is 15.0. The molecule has 71 valence electrons. The van der Waals surface area contributed by atoms with E-state index in [1.807, 2.05) is 0 Å². The maximum absolute atomic E-state index is 2.39. The number of hydrogen-bond acceptors (Lipinski definition) is 0. The minimum atomic E-state index is 0. The van der Waals surface area contributed by atoms with Gasteiger partial charge in [-0.15, -0.1) is 0 Å². The average molecular weight is 393 g/mol. The molecule has 1 aliphatic rings. The van der Waals surface area contributed by atoms with Crippen molar-refractivity contribution in [2.45, 2.75) is 52.9 Å². The van der Waals surface area contributed by atoms with Crippen LogP contribution in [0, 0.1) is 50.9 Å². The van der Waals surface area contributed by atoms with E-state index in [1.165, 1.54) is 38.0 Å². The van der Waals surface area contributed by atoms with Crippen molar-refractivity contribution >= 4 is 0 Å². The molecule has 0 bridgehead atoms. The van der Waals surface area contributed by atoms with Crippen molar-refractivity contribution in [2.75, 3.05) is 0 Å². The predicted molar refractivity (Wildman–Crippen MR) is 54.1 cm³/mol. The molecule has 1 aliphatic carbocycles. The fraction of sp³-hybridized carbons (Fsp3) is 0.727. The van der Waals surface area contributed by atoms with E-state index < -0.39 is 0 Å².